The highest BCUT2D eigenvalue weighted by molar-refractivity contribution is 9.10. The number of benzene rings is 1. The highest BCUT2D eigenvalue weighted by atomic mass is 79.9. The first kappa shape index (κ1) is 19.6. The van der Waals surface area contributed by atoms with E-state index in [1.165, 1.54) is 17.0 Å². The summed E-state index contributed by atoms with van der Waals surface area (Å²) < 4.78 is 5.15. The van der Waals surface area contributed by atoms with Crippen LogP contribution in [0.3, 0.4) is 0 Å². The summed E-state index contributed by atoms with van der Waals surface area (Å²) in [7, 11) is 0. The van der Waals surface area contributed by atoms with Crippen molar-refractivity contribution in [1.29, 1.82) is 5.26 Å². The van der Waals surface area contributed by atoms with Crippen LogP contribution in [0, 0.1) is 27.4 Å². The number of hydrogen-bond acceptors (Lipinski definition) is 6. The van der Waals surface area contributed by atoms with Gasteiger partial charge in [-0.05, 0) is 41.9 Å². The summed E-state index contributed by atoms with van der Waals surface area (Å²) in [5, 5.41) is 19.6. The van der Waals surface area contributed by atoms with E-state index in [2.05, 4.69) is 15.9 Å². The largest absolute Gasteiger partial charge is 0.452 e. The maximum atomic E-state index is 12.0. The van der Waals surface area contributed by atoms with E-state index in [0.717, 1.165) is 6.07 Å². The second-order valence-corrected chi connectivity index (χ2v) is 5.82. The Balaban J connectivity index is 2.72. The van der Waals surface area contributed by atoms with Crippen LogP contribution in [0.1, 0.15) is 24.2 Å². The van der Waals surface area contributed by atoms with Gasteiger partial charge in [-0.1, -0.05) is 0 Å². The third kappa shape index (κ3) is 5.31. The molecule has 0 aliphatic rings. The van der Waals surface area contributed by atoms with Gasteiger partial charge in [-0.25, -0.2) is 4.79 Å². The number of halogens is 1. The second-order valence-electron chi connectivity index (χ2n) is 4.96. The van der Waals surface area contributed by atoms with Crippen LogP contribution in [-0.4, -0.2) is 41.4 Å². The zero-order valence-electron chi connectivity index (χ0n) is 13.2. The Morgan fingerprint density at radius 1 is 1.50 bits per heavy atom. The van der Waals surface area contributed by atoms with Gasteiger partial charge in [0.15, 0.2) is 6.61 Å². The molecule has 1 aromatic carbocycles. The zero-order chi connectivity index (χ0) is 18.3. The van der Waals surface area contributed by atoms with E-state index < -0.39 is 23.4 Å². The van der Waals surface area contributed by atoms with E-state index >= 15 is 0 Å². The van der Waals surface area contributed by atoms with Crippen molar-refractivity contribution in [3.8, 4) is 6.07 Å². The highest BCUT2D eigenvalue weighted by Crippen LogP contribution is 2.25. The molecule has 0 saturated carbocycles. The predicted octanol–water partition coefficient (Wildman–Crippen LogP) is 2.52. The molecule has 0 aliphatic heterocycles. The van der Waals surface area contributed by atoms with Gasteiger partial charge in [-0.2, -0.15) is 5.26 Å². The monoisotopic (exact) mass is 397 g/mol. The van der Waals surface area contributed by atoms with Crippen LogP contribution in [0.15, 0.2) is 22.7 Å². The normalized spacial score (nSPS) is 11.2. The van der Waals surface area contributed by atoms with Crippen LogP contribution < -0.4 is 0 Å². The fourth-order valence-corrected chi connectivity index (χ4v) is 2.25. The number of amides is 1. The average molecular weight is 398 g/mol. The van der Waals surface area contributed by atoms with E-state index in [9.17, 15) is 19.7 Å². The molecule has 0 unspecified atom stereocenters. The van der Waals surface area contributed by atoms with Crippen molar-refractivity contribution in [1.82, 2.24) is 4.90 Å². The van der Waals surface area contributed by atoms with Gasteiger partial charge in [0.2, 0.25) is 0 Å². The summed E-state index contributed by atoms with van der Waals surface area (Å²) in [4.78, 5) is 35.6. The van der Waals surface area contributed by atoms with Gasteiger partial charge in [0.05, 0.1) is 26.9 Å². The Morgan fingerprint density at radius 3 is 2.71 bits per heavy atom. The minimum Gasteiger partial charge on any atom is -0.452 e. The number of carbonyl (C=O) groups excluding carboxylic acids is 2. The molecular weight excluding hydrogens is 382 g/mol. The molecule has 0 fully saturated rings. The minimum absolute atomic E-state index is 0.0221. The quantitative estimate of drug-likeness (QED) is 0.396. The summed E-state index contributed by atoms with van der Waals surface area (Å²) >= 11 is 3.02. The average Bonchev–Trinajstić information content (AvgIpc) is 2.56. The van der Waals surface area contributed by atoms with Crippen molar-refractivity contribution in [2.75, 3.05) is 19.7 Å². The number of nitrogens with zero attached hydrogens (tertiary/aromatic N) is 3. The molecule has 128 valence electrons. The Bertz CT molecular complexity index is 686. The third-order valence-corrected chi connectivity index (χ3v) is 3.82. The molecule has 1 aromatic rings. The minimum atomic E-state index is -0.830. The number of likely N-dealkylation sites (N-methyl/N-ethyl adjacent to an activating group) is 1. The summed E-state index contributed by atoms with van der Waals surface area (Å²) in [6.07, 6.45) is 0. The molecule has 0 spiro atoms. The van der Waals surface area contributed by atoms with Gasteiger partial charge in [0.25, 0.3) is 11.6 Å². The molecule has 0 heterocycles. The Hall–Kier alpha value is -2.47. The van der Waals surface area contributed by atoms with E-state index in [0.29, 0.717) is 6.54 Å². The Kier molecular flexibility index (Phi) is 7.32. The van der Waals surface area contributed by atoms with E-state index in [4.69, 9.17) is 10.00 Å². The molecule has 8 nitrogen and oxygen atoms in total. The predicted molar refractivity (Wildman–Crippen MR) is 88.1 cm³/mol. The summed E-state index contributed by atoms with van der Waals surface area (Å²) in [6.45, 7) is 3.57. The Morgan fingerprint density at radius 2 is 2.17 bits per heavy atom. The van der Waals surface area contributed by atoms with Crippen LogP contribution in [0.25, 0.3) is 0 Å². The number of ether oxygens (including phenoxy) is 1. The number of esters is 1. The second kappa shape index (κ2) is 8.98. The molecule has 0 aliphatic carbocycles. The summed E-state index contributed by atoms with van der Waals surface area (Å²) in [6, 6.07) is 5.83. The van der Waals surface area contributed by atoms with Gasteiger partial charge in [-0.3, -0.25) is 14.9 Å². The molecule has 0 radical (unpaired) electrons. The van der Waals surface area contributed by atoms with Gasteiger partial charge < -0.3 is 9.64 Å². The maximum Gasteiger partial charge on any atom is 0.338 e. The lowest BCUT2D eigenvalue weighted by Crippen LogP contribution is -2.37. The lowest BCUT2D eigenvalue weighted by Gasteiger charge is -2.21. The number of nitro groups is 1. The molecule has 0 aromatic heterocycles. The summed E-state index contributed by atoms with van der Waals surface area (Å²) in [5.41, 5.74) is -0.292. The molecule has 0 N–H and O–H groups in total. The third-order valence-electron chi connectivity index (χ3n) is 3.15. The first-order chi connectivity index (χ1) is 11.3. The van der Waals surface area contributed by atoms with Crippen molar-refractivity contribution in [3.05, 3.63) is 38.3 Å². The molecule has 24 heavy (non-hydrogen) atoms. The van der Waals surface area contributed by atoms with Gasteiger partial charge in [0.1, 0.15) is 0 Å². The Labute approximate surface area is 147 Å². The molecule has 0 saturated heterocycles. The SMILES string of the molecule is CCN(C[C@@H](C)C#N)C(=O)COC(=O)c1ccc(Br)c([N+](=O)[O-])c1. The number of rotatable bonds is 7. The first-order valence-electron chi connectivity index (χ1n) is 7.08. The topological polar surface area (TPSA) is 114 Å². The highest BCUT2D eigenvalue weighted by Gasteiger charge is 2.20. The zero-order valence-corrected chi connectivity index (χ0v) is 14.8. The van der Waals surface area contributed by atoms with Crippen molar-refractivity contribution in [3.63, 3.8) is 0 Å². The van der Waals surface area contributed by atoms with Crippen molar-refractivity contribution < 1.29 is 19.2 Å². The van der Waals surface area contributed by atoms with Crippen LogP contribution in [0.5, 0.6) is 0 Å². The number of hydrogen-bond donors (Lipinski definition) is 0. The smallest absolute Gasteiger partial charge is 0.338 e. The van der Waals surface area contributed by atoms with Gasteiger partial charge in [-0.15, -0.1) is 0 Å². The van der Waals surface area contributed by atoms with Crippen molar-refractivity contribution >= 4 is 33.5 Å². The van der Waals surface area contributed by atoms with Crippen LogP contribution in [-0.2, 0) is 9.53 Å². The van der Waals surface area contributed by atoms with Crippen molar-refractivity contribution in [2.45, 2.75) is 13.8 Å². The summed E-state index contributed by atoms with van der Waals surface area (Å²) in [5.74, 6) is -1.60. The standard InChI is InChI=1S/C15H16BrN3O5/c1-3-18(8-10(2)7-17)14(20)9-24-15(21)11-4-5-12(16)13(6-11)19(22)23/h4-6,10H,3,8-9H2,1-2H3/t10-/m0/s1. The fourth-order valence-electron chi connectivity index (χ4n) is 1.86. The molecule has 1 atom stereocenters. The van der Waals surface area contributed by atoms with Crippen LogP contribution in [0.2, 0.25) is 0 Å². The molecular formula is C15H16BrN3O5. The molecule has 0 bridgehead atoms. The van der Waals surface area contributed by atoms with Crippen molar-refractivity contribution in [2.24, 2.45) is 5.92 Å². The molecule has 1 rings (SSSR count). The lowest BCUT2D eigenvalue weighted by molar-refractivity contribution is -0.385. The molecule has 9 heteroatoms. The fraction of sp³-hybridized carbons (Fsp3) is 0.400. The van der Waals surface area contributed by atoms with Crippen LogP contribution in [0.4, 0.5) is 5.69 Å². The number of carbonyl (C=O) groups is 2. The number of nitro benzene ring substituents is 1. The van der Waals surface area contributed by atoms with Gasteiger partial charge >= 0.3 is 5.97 Å². The van der Waals surface area contributed by atoms with Crippen LogP contribution >= 0.6 is 15.9 Å². The van der Waals surface area contributed by atoms with E-state index in [1.807, 2.05) is 6.07 Å². The maximum absolute atomic E-state index is 12.0. The van der Waals surface area contributed by atoms with Gasteiger partial charge in [0, 0.05) is 19.2 Å². The molecule has 1 amide bonds. The number of nitriles is 1. The van der Waals surface area contributed by atoms with E-state index in [-0.39, 0.29) is 28.2 Å². The van der Waals surface area contributed by atoms with E-state index in [1.54, 1.807) is 13.8 Å². The lowest BCUT2D eigenvalue weighted by atomic mass is 10.2. The first-order valence-corrected chi connectivity index (χ1v) is 7.87.